The average Bonchev–Trinajstić information content (AvgIpc) is 2.35. The Morgan fingerprint density at radius 2 is 2.00 bits per heavy atom. The second-order valence-electron chi connectivity index (χ2n) is 3.98. The van der Waals surface area contributed by atoms with E-state index in [4.69, 9.17) is 15.9 Å². The molecule has 0 amide bonds. The molecule has 0 aliphatic carbocycles. The Hall–Kier alpha value is -1.88. The molecular weight excluding hydrogens is 311 g/mol. The molecule has 3 N–H and O–H groups in total. The van der Waals surface area contributed by atoms with Crippen molar-refractivity contribution in [2.24, 2.45) is 5.73 Å². The maximum Gasteiger partial charge on any atom is 0.130 e. The minimum Gasteiger partial charge on any atom is -0.488 e. The third-order valence-corrected chi connectivity index (χ3v) is 2.95. The smallest absolute Gasteiger partial charge is 0.130 e. The first kappa shape index (κ1) is 13.5. The topological polar surface area (TPSA) is 59.1 Å². The van der Waals surface area contributed by atoms with E-state index in [1.807, 2.05) is 0 Å². The molecule has 0 atom stereocenters. The van der Waals surface area contributed by atoms with Gasteiger partial charge in [-0.15, -0.1) is 0 Å². The summed E-state index contributed by atoms with van der Waals surface area (Å²) >= 11 is 3.23. The van der Waals surface area contributed by atoms with Gasteiger partial charge >= 0.3 is 0 Å². The van der Waals surface area contributed by atoms with E-state index in [2.05, 4.69) is 15.9 Å². The highest BCUT2D eigenvalue weighted by Gasteiger charge is 2.06. The Morgan fingerprint density at radius 1 is 1.26 bits per heavy atom. The highest BCUT2D eigenvalue weighted by molar-refractivity contribution is 9.10. The maximum atomic E-state index is 13.2. The molecule has 0 saturated carbocycles. The number of hydrogen-bond acceptors (Lipinski definition) is 2. The van der Waals surface area contributed by atoms with Crippen molar-refractivity contribution in [2.45, 2.75) is 6.61 Å². The molecule has 0 aromatic heterocycles. The van der Waals surface area contributed by atoms with Crippen LogP contribution in [-0.4, -0.2) is 5.84 Å². The van der Waals surface area contributed by atoms with Gasteiger partial charge in [-0.05, 0) is 35.9 Å². The zero-order valence-electron chi connectivity index (χ0n) is 9.99. The van der Waals surface area contributed by atoms with Gasteiger partial charge < -0.3 is 10.5 Å². The van der Waals surface area contributed by atoms with Crippen LogP contribution in [0.1, 0.15) is 11.1 Å². The molecule has 0 radical (unpaired) electrons. The van der Waals surface area contributed by atoms with Crippen LogP contribution in [0.4, 0.5) is 4.39 Å². The number of nitrogens with one attached hydrogen (secondary N) is 1. The van der Waals surface area contributed by atoms with Gasteiger partial charge in [0, 0.05) is 4.47 Å². The second kappa shape index (κ2) is 5.84. The van der Waals surface area contributed by atoms with E-state index in [0.717, 1.165) is 0 Å². The summed E-state index contributed by atoms with van der Waals surface area (Å²) < 4.78 is 19.5. The van der Waals surface area contributed by atoms with Crippen LogP contribution in [0, 0.1) is 11.2 Å². The van der Waals surface area contributed by atoms with Crippen molar-refractivity contribution in [3.05, 3.63) is 63.9 Å². The number of hydrogen-bond donors (Lipinski definition) is 2. The number of para-hydroxylation sites is 1. The van der Waals surface area contributed by atoms with Crippen molar-refractivity contribution in [1.29, 1.82) is 5.41 Å². The van der Waals surface area contributed by atoms with Crippen molar-refractivity contribution in [3.63, 3.8) is 0 Å². The summed E-state index contributed by atoms with van der Waals surface area (Å²) in [6, 6.07) is 11.6. The van der Waals surface area contributed by atoms with E-state index >= 15 is 0 Å². The summed E-state index contributed by atoms with van der Waals surface area (Å²) in [5, 5.41) is 7.46. The Labute approximate surface area is 118 Å². The molecule has 2 aromatic carbocycles. The average molecular weight is 323 g/mol. The van der Waals surface area contributed by atoms with E-state index in [1.165, 1.54) is 12.1 Å². The van der Waals surface area contributed by atoms with Crippen molar-refractivity contribution >= 4 is 21.8 Å². The number of halogens is 2. The van der Waals surface area contributed by atoms with Crippen LogP contribution in [0.3, 0.4) is 0 Å². The van der Waals surface area contributed by atoms with Gasteiger partial charge in [-0.3, -0.25) is 5.41 Å². The lowest BCUT2D eigenvalue weighted by Gasteiger charge is -2.10. The quantitative estimate of drug-likeness (QED) is 0.669. The van der Waals surface area contributed by atoms with Crippen LogP contribution < -0.4 is 10.5 Å². The number of rotatable bonds is 4. The first-order chi connectivity index (χ1) is 9.06. The van der Waals surface area contributed by atoms with Crippen molar-refractivity contribution in [2.75, 3.05) is 0 Å². The normalized spacial score (nSPS) is 10.2. The molecule has 3 nitrogen and oxygen atoms in total. The van der Waals surface area contributed by atoms with Crippen LogP contribution in [0.25, 0.3) is 0 Å². The maximum absolute atomic E-state index is 13.2. The predicted octanol–water partition coefficient (Wildman–Crippen LogP) is 3.45. The van der Waals surface area contributed by atoms with E-state index in [1.54, 1.807) is 30.3 Å². The summed E-state index contributed by atoms with van der Waals surface area (Å²) in [4.78, 5) is 0. The Bertz CT molecular complexity index is 596. The fourth-order valence-corrected chi connectivity index (χ4v) is 2.18. The molecule has 2 rings (SSSR count). The standard InChI is InChI=1S/C14H12BrFN2O/c15-10-5-9(6-11(16)7-10)8-19-13-4-2-1-3-12(13)14(17)18/h1-7H,8H2,(H3,17,18). The van der Waals surface area contributed by atoms with E-state index in [-0.39, 0.29) is 18.3 Å². The lowest BCUT2D eigenvalue weighted by atomic mass is 10.2. The van der Waals surface area contributed by atoms with Crippen molar-refractivity contribution < 1.29 is 9.13 Å². The number of nitrogens with two attached hydrogens (primary N) is 1. The highest BCUT2D eigenvalue weighted by Crippen LogP contribution is 2.20. The minimum atomic E-state index is -0.326. The number of benzene rings is 2. The van der Waals surface area contributed by atoms with E-state index < -0.39 is 0 Å². The molecule has 0 heterocycles. The molecule has 0 aliphatic heterocycles. The van der Waals surface area contributed by atoms with Crippen LogP contribution in [0.15, 0.2) is 46.9 Å². The number of nitrogen functional groups attached to an aromatic ring is 1. The van der Waals surface area contributed by atoms with Crippen LogP contribution in [0.5, 0.6) is 5.75 Å². The van der Waals surface area contributed by atoms with E-state index in [9.17, 15) is 4.39 Å². The van der Waals surface area contributed by atoms with E-state index in [0.29, 0.717) is 21.3 Å². The van der Waals surface area contributed by atoms with Crippen LogP contribution in [0.2, 0.25) is 0 Å². The predicted molar refractivity (Wildman–Crippen MR) is 75.9 cm³/mol. The Kier molecular flexibility index (Phi) is 4.16. The molecule has 0 unspecified atom stereocenters. The molecule has 0 fully saturated rings. The molecule has 19 heavy (non-hydrogen) atoms. The van der Waals surface area contributed by atoms with Gasteiger partial charge in [0.1, 0.15) is 24.0 Å². The van der Waals surface area contributed by atoms with Gasteiger partial charge in [-0.25, -0.2) is 4.39 Å². The SMILES string of the molecule is N=C(N)c1ccccc1OCc1cc(F)cc(Br)c1. The van der Waals surface area contributed by atoms with Gasteiger partial charge in [-0.2, -0.15) is 0 Å². The van der Waals surface area contributed by atoms with Crippen molar-refractivity contribution in [1.82, 2.24) is 0 Å². The zero-order valence-corrected chi connectivity index (χ0v) is 11.6. The molecule has 0 saturated heterocycles. The number of amidine groups is 1. The lowest BCUT2D eigenvalue weighted by molar-refractivity contribution is 0.305. The number of ether oxygens (including phenoxy) is 1. The highest BCUT2D eigenvalue weighted by atomic mass is 79.9. The van der Waals surface area contributed by atoms with Gasteiger partial charge in [-0.1, -0.05) is 28.1 Å². The van der Waals surface area contributed by atoms with Gasteiger partial charge in [0.15, 0.2) is 0 Å². The van der Waals surface area contributed by atoms with Crippen molar-refractivity contribution in [3.8, 4) is 5.75 Å². The molecule has 0 spiro atoms. The molecule has 98 valence electrons. The van der Waals surface area contributed by atoms with Gasteiger partial charge in [0.05, 0.1) is 5.56 Å². The summed E-state index contributed by atoms with van der Waals surface area (Å²) in [6.45, 7) is 0.209. The Morgan fingerprint density at radius 3 is 2.68 bits per heavy atom. The summed E-state index contributed by atoms with van der Waals surface area (Å²) in [5.74, 6) is 0.124. The minimum absolute atomic E-state index is 0.0592. The summed E-state index contributed by atoms with van der Waals surface area (Å²) in [5.41, 5.74) is 6.69. The van der Waals surface area contributed by atoms with Gasteiger partial charge in [0.25, 0.3) is 0 Å². The van der Waals surface area contributed by atoms with Crippen LogP contribution in [-0.2, 0) is 6.61 Å². The lowest BCUT2D eigenvalue weighted by Crippen LogP contribution is -2.13. The summed E-state index contributed by atoms with van der Waals surface area (Å²) in [6.07, 6.45) is 0. The fraction of sp³-hybridized carbons (Fsp3) is 0.0714. The fourth-order valence-electron chi connectivity index (χ4n) is 1.67. The molecule has 5 heteroatoms. The molecule has 0 aliphatic rings. The molecule has 2 aromatic rings. The largest absolute Gasteiger partial charge is 0.488 e. The van der Waals surface area contributed by atoms with Crippen LogP contribution >= 0.6 is 15.9 Å². The second-order valence-corrected chi connectivity index (χ2v) is 4.89. The first-order valence-corrected chi connectivity index (χ1v) is 6.37. The molecular formula is C14H12BrFN2O. The summed E-state index contributed by atoms with van der Waals surface area (Å²) in [7, 11) is 0. The monoisotopic (exact) mass is 322 g/mol. The first-order valence-electron chi connectivity index (χ1n) is 5.57. The third kappa shape index (κ3) is 3.54. The van der Waals surface area contributed by atoms with Gasteiger partial charge in [0.2, 0.25) is 0 Å². The zero-order chi connectivity index (χ0) is 13.8. The molecule has 0 bridgehead atoms. The Balaban J connectivity index is 2.16. The third-order valence-electron chi connectivity index (χ3n) is 2.49.